The summed E-state index contributed by atoms with van der Waals surface area (Å²) >= 11 is 0. The van der Waals surface area contributed by atoms with Gasteiger partial charge in [-0.15, -0.1) is 0 Å². The molecule has 0 bridgehead atoms. The maximum absolute atomic E-state index is 10.9. The van der Waals surface area contributed by atoms with Crippen molar-refractivity contribution in [3.05, 3.63) is 23.3 Å². The van der Waals surface area contributed by atoms with Crippen LogP contribution in [0.4, 0.5) is 0 Å². The minimum absolute atomic E-state index is 0.0124. The van der Waals surface area contributed by atoms with Gasteiger partial charge in [-0.05, 0) is 17.7 Å². The molecule has 2 N–H and O–H groups in total. The quantitative estimate of drug-likeness (QED) is 0.640. The van der Waals surface area contributed by atoms with E-state index in [1.54, 1.807) is 12.1 Å². The summed E-state index contributed by atoms with van der Waals surface area (Å²) in [6.45, 7) is 0. The topological polar surface area (TPSA) is 88.4 Å². The fourth-order valence-electron chi connectivity index (χ4n) is 2.42. The summed E-state index contributed by atoms with van der Waals surface area (Å²) in [5.74, 6) is -0.0302. The monoisotopic (exact) mass is 265 g/mol. The molecule has 1 aromatic rings. The number of carbonyl (C=O) groups is 1. The van der Waals surface area contributed by atoms with E-state index in [4.69, 9.17) is 19.8 Å². The molecule has 6 nitrogen and oxygen atoms in total. The molecule has 0 heterocycles. The number of fused-ring (bicyclic) bond motifs is 1. The molecule has 1 aliphatic rings. The van der Waals surface area contributed by atoms with E-state index in [0.29, 0.717) is 29.2 Å². The number of aliphatic carboxylic acids is 1. The van der Waals surface area contributed by atoms with Gasteiger partial charge >= 0.3 is 5.97 Å². The third-order valence-corrected chi connectivity index (χ3v) is 3.29. The molecular formula is C13H15NO5. The molecule has 1 unspecified atom stereocenters. The van der Waals surface area contributed by atoms with Gasteiger partial charge in [0, 0.05) is 17.9 Å². The number of ether oxygens (including phenoxy) is 2. The maximum atomic E-state index is 10.9. The molecule has 0 saturated carbocycles. The van der Waals surface area contributed by atoms with Crippen molar-refractivity contribution >= 4 is 11.7 Å². The normalized spacial score (nSPS) is 19.3. The predicted molar refractivity (Wildman–Crippen MR) is 67.5 cm³/mol. The molecular weight excluding hydrogens is 250 g/mol. The van der Waals surface area contributed by atoms with E-state index in [1.807, 2.05) is 0 Å². The standard InChI is InChI=1S/C13H15NO5/c1-18-11-5-8-7(4-13(15)16)3-10(14-17)9(8)6-12(11)19-2/h5-7,17H,3-4H2,1-2H3,(H,15,16)/b14-10-. The molecule has 0 fully saturated rings. The Morgan fingerprint density at radius 3 is 2.53 bits per heavy atom. The number of hydrogen-bond donors (Lipinski definition) is 2. The Kier molecular flexibility index (Phi) is 3.59. The zero-order valence-electron chi connectivity index (χ0n) is 10.7. The van der Waals surface area contributed by atoms with Crippen molar-refractivity contribution in [1.29, 1.82) is 0 Å². The highest BCUT2D eigenvalue weighted by molar-refractivity contribution is 6.06. The van der Waals surface area contributed by atoms with Crippen LogP contribution in [0.3, 0.4) is 0 Å². The Labute approximate surface area is 110 Å². The highest BCUT2D eigenvalue weighted by atomic mass is 16.5. The van der Waals surface area contributed by atoms with Gasteiger partial charge in [0.25, 0.3) is 0 Å². The second-order valence-corrected chi connectivity index (χ2v) is 4.34. The van der Waals surface area contributed by atoms with Crippen LogP contribution in [0.1, 0.15) is 29.9 Å². The van der Waals surface area contributed by atoms with Crippen molar-refractivity contribution < 1.29 is 24.6 Å². The molecule has 0 amide bonds. The number of methoxy groups -OCH3 is 2. The van der Waals surface area contributed by atoms with Gasteiger partial charge in [0.2, 0.25) is 0 Å². The lowest BCUT2D eigenvalue weighted by atomic mass is 9.97. The van der Waals surface area contributed by atoms with Crippen LogP contribution in [-0.2, 0) is 4.79 Å². The van der Waals surface area contributed by atoms with Crippen molar-refractivity contribution in [3.63, 3.8) is 0 Å². The summed E-state index contributed by atoms with van der Waals surface area (Å²) in [5.41, 5.74) is 2.00. The van der Waals surface area contributed by atoms with E-state index in [-0.39, 0.29) is 12.3 Å². The first-order valence-electron chi connectivity index (χ1n) is 5.79. The van der Waals surface area contributed by atoms with Crippen molar-refractivity contribution in [1.82, 2.24) is 0 Å². The summed E-state index contributed by atoms with van der Waals surface area (Å²) in [4.78, 5) is 10.9. The SMILES string of the molecule is COc1cc2c(cc1OC)C(CC(=O)O)C/C2=N/O. The van der Waals surface area contributed by atoms with Crippen LogP contribution in [0.2, 0.25) is 0 Å². The van der Waals surface area contributed by atoms with Gasteiger partial charge < -0.3 is 19.8 Å². The highest BCUT2D eigenvalue weighted by Gasteiger charge is 2.31. The van der Waals surface area contributed by atoms with Gasteiger partial charge in [0.15, 0.2) is 11.5 Å². The van der Waals surface area contributed by atoms with E-state index in [9.17, 15) is 4.79 Å². The first-order chi connectivity index (χ1) is 9.10. The lowest BCUT2D eigenvalue weighted by molar-refractivity contribution is -0.137. The van der Waals surface area contributed by atoms with E-state index in [1.165, 1.54) is 14.2 Å². The number of rotatable bonds is 4. The number of hydrogen-bond acceptors (Lipinski definition) is 5. The summed E-state index contributed by atoms with van der Waals surface area (Å²) in [6, 6.07) is 3.46. The molecule has 6 heteroatoms. The largest absolute Gasteiger partial charge is 0.493 e. The van der Waals surface area contributed by atoms with E-state index in [2.05, 4.69) is 5.16 Å². The molecule has 0 radical (unpaired) electrons. The summed E-state index contributed by atoms with van der Waals surface area (Å²) < 4.78 is 10.4. The maximum Gasteiger partial charge on any atom is 0.303 e. The number of nitrogens with zero attached hydrogens (tertiary/aromatic N) is 1. The minimum Gasteiger partial charge on any atom is -0.493 e. The van der Waals surface area contributed by atoms with Crippen molar-refractivity contribution in [3.8, 4) is 11.5 Å². The second-order valence-electron chi connectivity index (χ2n) is 4.34. The zero-order valence-corrected chi connectivity index (χ0v) is 10.7. The van der Waals surface area contributed by atoms with Gasteiger partial charge in [-0.3, -0.25) is 4.79 Å². The van der Waals surface area contributed by atoms with Crippen LogP contribution >= 0.6 is 0 Å². The van der Waals surface area contributed by atoms with Gasteiger partial charge in [0.1, 0.15) is 0 Å². The number of oxime groups is 1. The molecule has 0 aliphatic heterocycles. The molecule has 0 aromatic heterocycles. The number of carboxylic acid groups (broad SMARTS) is 1. The number of carboxylic acids is 1. The fourth-order valence-corrected chi connectivity index (χ4v) is 2.42. The van der Waals surface area contributed by atoms with Crippen LogP contribution < -0.4 is 9.47 Å². The average Bonchev–Trinajstić information content (AvgIpc) is 2.73. The molecule has 1 aromatic carbocycles. The molecule has 0 saturated heterocycles. The Morgan fingerprint density at radius 1 is 1.37 bits per heavy atom. The summed E-state index contributed by atoms with van der Waals surface area (Å²) in [5, 5.41) is 21.2. The van der Waals surface area contributed by atoms with E-state index < -0.39 is 5.97 Å². The average molecular weight is 265 g/mol. The molecule has 1 atom stereocenters. The minimum atomic E-state index is -0.884. The molecule has 2 rings (SSSR count). The Morgan fingerprint density at radius 2 is 2.00 bits per heavy atom. The molecule has 102 valence electrons. The van der Waals surface area contributed by atoms with Gasteiger partial charge in [-0.1, -0.05) is 5.16 Å². The van der Waals surface area contributed by atoms with Crippen LogP contribution in [-0.4, -0.2) is 36.2 Å². The van der Waals surface area contributed by atoms with Crippen molar-refractivity contribution in [2.24, 2.45) is 5.16 Å². The number of benzene rings is 1. The molecule has 1 aliphatic carbocycles. The second kappa shape index (κ2) is 5.17. The van der Waals surface area contributed by atoms with Crippen LogP contribution in [0, 0.1) is 0 Å². The highest BCUT2D eigenvalue weighted by Crippen LogP contribution is 2.42. The van der Waals surface area contributed by atoms with E-state index in [0.717, 1.165) is 5.56 Å². The lowest BCUT2D eigenvalue weighted by Crippen LogP contribution is -2.04. The van der Waals surface area contributed by atoms with Crippen molar-refractivity contribution in [2.45, 2.75) is 18.8 Å². The van der Waals surface area contributed by atoms with Gasteiger partial charge in [-0.25, -0.2) is 0 Å². The fraction of sp³-hybridized carbons (Fsp3) is 0.385. The summed E-state index contributed by atoms with van der Waals surface area (Å²) in [7, 11) is 3.04. The molecule has 0 spiro atoms. The third kappa shape index (κ3) is 2.33. The Hall–Kier alpha value is -2.24. The Bertz CT molecular complexity index is 538. The lowest BCUT2D eigenvalue weighted by Gasteiger charge is -2.12. The van der Waals surface area contributed by atoms with Crippen molar-refractivity contribution in [2.75, 3.05) is 14.2 Å². The van der Waals surface area contributed by atoms with Crippen LogP contribution in [0.5, 0.6) is 11.5 Å². The van der Waals surface area contributed by atoms with Crippen LogP contribution in [0.25, 0.3) is 0 Å². The zero-order chi connectivity index (χ0) is 14.0. The third-order valence-electron chi connectivity index (χ3n) is 3.29. The first-order valence-corrected chi connectivity index (χ1v) is 5.79. The summed E-state index contributed by atoms with van der Waals surface area (Å²) in [6.07, 6.45) is 0.385. The Balaban J connectivity index is 2.51. The van der Waals surface area contributed by atoms with Gasteiger partial charge in [0.05, 0.1) is 26.4 Å². The molecule has 19 heavy (non-hydrogen) atoms. The van der Waals surface area contributed by atoms with E-state index >= 15 is 0 Å². The smallest absolute Gasteiger partial charge is 0.303 e. The van der Waals surface area contributed by atoms with Crippen LogP contribution in [0.15, 0.2) is 17.3 Å². The first kappa shape index (κ1) is 13.2. The predicted octanol–water partition coefficient (Wildman–Crippen LogP) is 1.84. The van der Waals surface area contributed by atoms with Gasteiger partial charge in [-0.2, -0.15) is 0 Å².